The fourth-order valence-electron chi connectivity index (χ4n) is 1.52. The summed E-state index contributed by atoms with van der Waals surface area (Å²) >= 11 is 5.97. The molecule has 3 nitrogen and oxygen atoms in total. The summed E-state index contributed by atoms with van der Waals surface area (Å²) in [6, 6.07) is 9.68. The summed E-state index contributed by atoms with van der Waals surface area (Å²) in [7, 11) is 0. The number of nitrogens with one attached hydrogen (secondary N) is 2. The van der Waals surface area contributed by atoms with Gasteiger partial charge in [0.25, 0.3) is 0 Å². The molecule has 2 N–H and O–H groups in total. The van der Waals surface area contributed by atoms with Crippen LogP contribution in [0.3, 0.4) is 0 Å². The van der Waals surface area contributed by atoms with E-state index in [4.69, 9.17) is 11.6 Å². The molecule has 94 valence electrons. The van der Waals surface area contributed by atoms with E-state index in [0.29, 0.717) is 16.5 Å². The molecule has 5 heteroatoms. The molecule has 0 aliphatic rings. The average molecular weight is 266 g/mol. The van der Waals surface area contributed by atoms with E-state index >= 15 is 0 Å². The van der Waals surface area contributed by atoms with Crippen LogP contribution in [0.5, 0.6) is 0 Å². The molecular weight excluding hydrogens is 253 g/mol. The van der Waals surface area contributed by atoms with Crippen molar-refractivity contribution in [2.24, 2.45) is 0 Å². The largest absolute Gasteiger partial charge is 0.370 e. The minimum absolute atomic E-state index is 0.343. The highest BCUT2D eigenvalue weighted by molar-refractivity contribution is 6.33. The number of benzene rings is 1. The maximum Gasteiger partial charge on any atom is 0.132 e. The summed E-state index contributed by atoms with van der Waals surface area (Å²) in [5.74, 6) is 1.03. The van der Waals surface area contributed by atoms with Crippen LogP contribution in [0.1, 0.15) is 6.92 Å². The number of aromatic nitrogens is 1. The summed E-state index contributed by atoms with van der Waals surface area (Å²) < 4.78 is 13.1. The number of rotatable bonds is 4. The summed E-state index contributed by atoms with van der Waals surface area (Å²) in [6.45, 7) is 2.78. The molecule has 0 spiro atoms. The van der Waals surface area contributed by atoms with Crippen LogP contribution in [-0.4, -0.2) is 11.5 Å². The van der Waals surface area contributed by atoms with Gasteiger partial charge in [0.05, 0.1) is 10.7 Å². The van der Waals surface area contributed by atoms with Crippen molar-refractivity contribution >= 4 is 28.9 Å². The van der Waals surface area contributed by atoms with Gasteiger partial charge < -0.3 is 10.6 Å². The maximum absolute atomic E-state index is 13.1. The standard InChI is InChI=1S/C13H13ClFN3/c1-2-16-12-4-3-5-13(18-12)17-11-8-9(15)6-7-10(11)14/h3-8H,2H2,1H3,(H2,16,17,18). The van der Waals surface area contributed by atoms with Crippen LogP contribution in [0.25, 0.3) is 0 Å². The SMILES string of the molecule is CCNc1cccc(Nc2cc(F)ccc2Cl)n1. The molecule has 2 aromatic rings. The third-order valence-electron chi connectivity index (χ3n) is 2.30. The van der Waals surface area contributed by atoms with Gasteiger partial charge in [0.2, 0.25) is 0 Å². The third-order valence-corrected chi connectivity index (χ3v) is 2.63. The fraction of sp³-hybridized carbons (Fsp3) is 0.154. The molecule has 0 saturated carbocycles. The van der Waals surface area contributed by atoms with Gasteiger partial charge in [-0.3, -0.25) is 0 Å². The molecule has 1 heterocycles. The van der Waals surface area contributed by atoms with Gasteiger partial charge in [-0.1, -0.05) is 17.7 Å². The Morgan fingerprint density at radius 3 is 2.78 bits per heavy atom. The van der Waals surface area contributed by atoms with Crippen LogP contribution in [0.2, 0.25) is 5.02 Å². The summed E-state index contributed by atoms with van der Waals surface area (Å²) in [5, 5.41) is 6.54. The molecule has 2 rings (SSSR count). The van der Waals surface area contributed by atoms with Crippen molar-refractivity contribution < 1.29 is 4.39 Å². The van der Waals surface area contributed by atoms with Crippen molar-refractivity contribution in [3.8, 4) is 0 Å². The van der Waals surface area contributed by atoms with Gasteiger partial charge in [-0.25, -0.2) is 9.37 Å². The highest BCUT2D eigenvalue weighted by Gasteiger charge is 2.03. The number of hydrogen-bond donors (Lipinski definition) is 2. The molecule has 0 aliphatic heterocycles. The molecule has 0 unspecified atom stereocenters. The van der Waals surface area contributed by atoms with E-state index < -0.39 is 0 Å². The summed E-state index contributed by atoms with van der Waals surface area (Å²) in [6.07, 6.45) is 0. The van der Waals surface area contributed by atoms with Gasteiger partial charge in [-0.05, 0) is 37.3 Å². The van der Waals surface area contributed by atoms with E-state index in [1.54, 1.807) is 6.07 Å². The summed E-state index contributed by atoms with van der Waals surface area (Å²) in [4.78, 5) is 4.33. The monoisotopic (exact) mass is 265 g/mol. The second-order valence-corrected chi connectivity index (χ2v) is 4.09. The Labute approximate surface area is 110 Å². The second kappa shape index (κ2) is 5.69. The van der Waals surface area contributed by atoms with E-state index in [1.165, 1.54) is 18.2 Å². The van der Waals surface area contributed by atoms with Gasteiger partial charge in [-0.2, -0.15) is 0 Å². The molecule has 1 aromatic carbocycles. The third kappa shape index (κ3) is 3.11. The number of hydrogen-bond acceptors (Lipinski definition) is 3. The van der Waals surface area contributed by atoms with Crippen molar-refractivity contribution in [1.29, 1.82) is 0 Å². The highest BCUT2D eigenvalue weighted by Crippen LogP contribution is 2.25. The van der Waals surface area contributed by atoms with E-state index in [-0.39, 0.29) is 5.82 Å². The van der Waals surface area contributed by atoms with Gasteiger partial charge in [0.15, 0.2) is 0 Å². The first kappa shape index (κ1) is 12.6. The normalized spacial score (nSPS) is 10.2. The molecule has 0 saturated heterocycles. The lowest BCUT2D eigenvalue weighted by Gasteiger charge is -2.09. The van der Waals surface area contributed by atoms with E-state index in [0.717, 1.165) is 12.4 Å². The minimum atomic E-state index is -0.343. The molecule has 18 heavy (non-hydrogen) atoms. The zero-order valence-corrected chi connectivity index (χ0v) is 10.6. The Bertz CT molecular complexity index is 546. The topological polar surface area (TPSA) is 37.0 Å². The van der Waals surface area contributed by atoms with Crippen LogP contribution in [0, 0.1) is 5.82 Å². The minimum Gasteiger partial charge on any atom is -0.370 e. The Morgan fingerprint density at radius 1 is 1.22 bits per heavy atom. The number of pyridine rings is 1. The van der Waals surface area contributed by atoms with Gasteiger partial charge in [-0.15, -0.1) is 0 Å². The van der Waals surface area contributed by atoms with E-state index in [9.17, 15) is 4.39 Å². The number of nitrogens with zero attached hydrogens (tertiary/aromatic N) is 1. The lowest BCUT2D eigenvalue weighted by atomic mass is 10.3. The summed E-state index contributed by atoms with van der Waals surface area (Å²) in [5.41, 5.74) is 0.498. The van der Waals surface area contributed by atoms with Crippen LogP contribution >= 0.6 is 11.6 Å². The molecular formula is C13H13ClFN3. The lowest BCUT2D eigenvalue weighted by Crippen LogP contribution is -2.01. The van der Waals surface area contributed by atoms with Crippen LogP contribution in [0.15, 0.2) is 36.4 Å². The highest BCUT2D eigenvalue weighted by atomic mass is 35.5. The molecule has 0 radical (unpaired) electrons. The Hall–Kier alpha value is -1.81. The first-order valence-corrected chi connectivity index (χ1v) is 6.00. The van der Waals surface area contributed by atoms with Gasteiger partial charge >= 0.3 is 0 Å². The quantitative estimate of drug-likeness (QED) is 0.876. The maximum atomic E-state index is 13.1. The van der Waals surface area contributed by atoms with Crippen LogP contribution < -0.4 is 10.6 Å². The van der Waals surface area contributed by atoms with Crippen molar-refractivity contribution in [3.63, 3.8) is 0 Å². The van der Waals surface area contributed by atoms with Gasteiger partial charge in [0.1, 0.15) is 17.5 Å². The van der Waals surface area contributed by atoms with Crippen molar-refractivity contribution in [3.05, 3.63) is 47.2 Å². The van der Waals surface area contributed by atoms with Crippen molar-refractivity contribution in [1.82, 2.24) is 4.98 Å². The molecule has 1 aromatic heterocycles. The Morgan fingerprint density at radius 2 is 2.00 bits per heavy atom. The molecule has 0 atom stereocenters. The second-order valence-electron chi connectivity index (χ2n) is 3.69. The zero-order chi connectivity index (χ0) is 13.0. The first-order valence-electron chi connectivity index (χ1n) is 5.62. The first-order chi connectivity index (χ1) is 8.69. The fourth-order valence-corrected chi connectivity index (χ4v) is 1.68. The van der Waals surface area contributed by atoms with Gasteiger partial charge in [0, 0.05) is 6.54 Å². The van der Waals surface area contributed by atoms with E-state index in [1.807, 2.05) is 19.1 Å². The zero-order valence-electron chi connectivity index (χ0n) is 9.87. The molecule has 0 amide bonds. The van der Waals surface area contributed by atoms with Crippen LogP contribution in [-0.2, 0) is 0 Å². The lowest BCUT2D eigenvalue weighted by molar-refractivity contribution is 0.628. The molecule has 0 bridgehead atoms. The Kier molecular flexibility index (Phi) is 3.99. The predicted molar refractivity (Wildman–Crippen MR) is 73.1 cm³/mol. The van der Waals surface area contributed by atoms with E-state index in [2.05, 4.69) is 15.6 Å². The van der Waals surface area contributed by atoms with Crippen molar-refractivity contribution in [2.75, 3.05) is 17.2 Å². The number of anilines is 3. The molecule has 0 aliphatic carbocycles. The number of halogens is 2. The Balaban J connectivity index is 2.22. The van der Waals surface area contributed by atoms with Crippen LogP contribution in [0.4, 0.5) is 21.7 Å². The van der Waals surface area contributed by atoms with Crippen molar-refractivity contribution in [2.45, 2.75) is 6.92 Å². The predicted octanol–water partition coefficient (Wildman–Crippen LogP) is 4.05. The smallest absolute Gasteiger partial charge is 0.132 e. The molecule has 0 fully saturated rings. The average Bonchev–Trinajstić information content (AvgIpc) is 2.35.